The van der Waals surface area contributed by atoms with Gasteiger partial charge in [-0.05, 0) is 55.6 Å². The molecule has 1 aliphatic heterocycles. The van der Waals surface area contributed by atoms with Gasteiger partial charge in [-0.25, -0.2) is 4.98 Å². The van der Waals surface area contributed by atoms with Crippen molar-refractivity contribution in [3.63, 3.8) is 0 Å². The molecule has 1 saturated heterocycles. The fraction of sp³-hybridized carbons (Fsp3) is 0.760. The van der Waals surface area contributed by atoms with Crippen molar-refractivity contribution in [3.8, 4) is 0 Å². The molecule has 2 saturated carbocycles. The molecule has 1 aromatic rings. The molecule has 172 valence electrons. The molecule has 0 bridgehead atoms. The minimum absolute atomic E-state index is 0.0736. The first-order chi connectivity index (χ1) is 15.0. The molecule has 0 radical (unpaired) electrons. The van der Waals surface area contributed by atoms with Crippen molar-refractivity contribution in [2.75, 3.05) is 31.1 Å². The van der Waals surface area contributed by atoms with Crippen LogP contribution in [0.2, 0.25) is 0 Å². The molecule has 3 aliphatic rings. The zero-order chi connectivity index (χ0) is 22.0. The normalized spacial score (nSPS) is 25.1. The Kier molecular flexibility index (Phi) is 6.87. The molecule has 6 heteroatoms. The molecule has 0 aromatic carbocycles. The lowest BCUT2D eigenvalue weighted by atomic mass is 9.72. The Bertz CT molecular complexity index is 765. The zero-order valence-corrected chi connectivity index (χ0v) is 19.7. The van der Waals surface area contributed by atoms with Gasteiger partial charge in [-0.15, -0.1) is 0 Å². The average molecular weight is 428 g/mol. The number of amides is 1. The summed E-state index contributed by atoms with van der Waals surface area (Å²) in [6, 6.07) is 4.99. The number of anilines is 1. The summed E-state index contributed by atoms with van der Waals surface area (Å²) in [6.07, 6.45) is 8.83. The summed E-state index contributed by atoms with van der Waals surface area (Å²) in [6.45, 7) is 11.8. The highest BCUT2D eigenvalue weighted by Gasteiger charge is 2.39. The number of nitrogens with zero attached hydrogens (tertiary/aromatic N) is 3. The Labute approximate surface area is 188 Å². The predicted octanol–water partition coefficient (Wildman–Crippen LogP) is 3.55. The first kappa shape index (κ1) is 22.5. The molecule has 31 heavy (non-hydrogen) atoms. The van der Waals surface area contributed by atoms with E-state index in [0.717, 1.165) is 62.4 Å². The standard InChI is InChI=1S/C25H41N5O/c1-4-25(3,5-2)18-6-9-20(16-18)29-12-14-30(15-13-29)23-11-10-21(28-22(23)17-26)24(31)27-19-7-8-19/h10-11,18-20H,4-9,12-17,26H2,1-3H3,(H,27,31)/t18?,20-/m1/s1. The van der Waals surface area contributed by atoms with Crippen LogP contribution in [0.5, 0.6) is 0 Å². The monoisotopic (exact) mass is 427 g/mol. The van der Waals surface area contributed by atoms with Gasteiger partial charge >= 0.3 is 0 Å². The smallest absolute Gasteiger partial charge is 0.270 e. The van der Waals surface area contributed by atoms with Gasteiger partial charge in [0.25, 0.3) is 5.91 Å². The molecule has 2 atom stereocenters. The maximum absolute atomic E-state index is 12.3. The van der Waals surface area contributed by atoms with E-state index >= 15 is 0 Å². The number of piperazine rings is 1. The highest BCUT2D eigenvalue weighted by molar-refractivity contribution is 5.93. The minimum Gasteiger partial charge on any atom is -0.367 e. The van der Waals surface area contributed by atoms with Crippen LogP contribution in [0.1, 0.15) is 81.9 Å². The number of rotatable bonds is 8. The van der Waals surface area contributed by atoms with Crippen LogP contribution in [0.4, 0.5) is 5.69 Å². The number of hydrogen-bond acceptors (Lipinski definition) is 5. The third-order valence-electron chi connectivity index (χ3n) is 8.47. The Morgan fingerprint density at radius 1 is 1.13 bits per heavy atom. The lowest BCUT2D eigenvalue weighted by molar-refractivity contribution is 0.0946. The Morgan fingerprint density at radius 2 is 1.84 bits per heavy atom. The maximum Gasteiger partial charge on any atom is 0.270 e. The van der Waals surface area contributed by atoms with Gasteiger partial charge in [0.2, 0.25) is 0 Å². The van der Waals surface area contributed by atoms with Gasteiger partial charge in [0.1, 0.15) is 5.69 Å². The van der Waals surface area contributed by atoms with Crippen LogP contribution in [0.15, 0.2) is 12.1 Å². The van der Waals surface area contributed by atoms with Crippen molar-refractivity contribution in [1.29, 1.82) is 0 Å². The molecular weight excluding hydrogens is 386 g/mol. The van der Waals surface area contributed by atoms with E-state index in [1.807, 2.05) is 12.1 Å². The highest BCUT2D eigenvalue weighted by atomic mass is 16.2. The fourth-order valence-corrected chi connectivity index (χ4v) is 5.62. The van der Waals surface area contributed by atoms with E-state index in [-0.39, 0.29) is 5.91 Å². The topological polar surface area (TPSA) is 74.5 Å². The Morgan fingerprint density at radius 3 is 2.45 bits per heavy atom. The van der Waals surface area contributed by atoms with Crippen LogP contribution >= 0.6 is 0 Å². The molecular formula is C25H41N5O. The molecule has 1 aromatic heterocycles. The van der Waals surface area contributed by atoms with Crippen molar-refractivity contribution in [2.24, 2.45) is 17.1 Å². The first-order valence-electron chi connectivity index (χ1n) is 12.5. The quantitative estimate of drug-likeness (QED) is 0.664. The van der Waals surface area contributed by atoms with Gasteiger partial charge < -0.3 is 16.0 Å². The van der Waals surface area contributed by atoms with E-state index in [9.17, 15) is 4.79 Å². The maximum atomic E-state index is 12.3. The average Bonchev–Trinajstić information content (AvgIpc) is 3.49. The fourth-order valence-electron chi connectivity index (χ4n) is 5.62. The zero-order valence-electron chi connectivity index (χ0n) is 19.7. The van der Waals surface area contributed by atoms with Crippen molar-refractivity contribution in [1.82, 2.24) is 15.2 Å². The SMILES string of the molecule is CCC(C)(CC)C1CC[C@@H](N2CCN(c3ccc(C(=O)NC4CC4)nc3CN)CC2)C1. The van der Waals surface area contributed by atoms with Gasteiger partial charge in [0, 0.05) is 44.8 Å². The van der Waals surface area contributed by atoms with E-state index in [1.165, 1.54) is 32.1 Å². The highest BCUT2D eigenvalue weighted by Crippen LogP contribution is 2.45. The van der Waals surface area contributed by atoms with Crippen LogP contribution in [0.3, 0.4) is 0 Å². The molecule has 2 heterocycles. The summed E-state index contributed by atoms with van der Waals surface area (Å²) in [7, 11) is 0. The van der Waals surface area contributed by atoms with E-state index in [1.54, 1.807) is 0 Å². The van der Waals surface area contributed by atoms with Gasteiger partial charge in [-0.1, -0.05) is 33.6 Å². The van der Waals surface area contributed by atoms with Crippen molar-refractivity contribution in [2.45, 2.75) is 84.3 Å². The second-order valence-electron chi connectivity index (χ2n) is 10.2. The van der Waals surface area contributed by atoms with Crippen LogP contribution in [-0.2, 0) is 6.54 Å². The Hall–Kier alpha value is -1.66. The van der Waals surface area contributed by atoms with Crippen molar-refractivity contribution < 1.29 is 4.79 Å². The van der Waals surface area contributed by atoms with Crippen molar-refractivity contribution in [3.05, 3.63) is 23.5 Å². The number of carbonyl (C=O) groups is 1. The van der Waals surface area contributed by atoms with Crippen LogP contribution in [0, 0.1) is 11.3 Å². The molecule has 4 rings (SSSR count). The molecule has 0 spiro atoms. The number of carbonyl (C=O) groups excluding carboxylic acids is 1. The third kappa shape index (κ3) is 4.90. The lowest BCUT2D eigenvalue weighted by Gasteiger charge is -2.40. The molecule has 6 nitrogen and oxygen atoms in total. The van der Waals surface area contributed by atoms with Crippen LogP contribution in [0.25, 0.3) is 0 Å². The summed E-state index contributed by atoms with van der Waals surface area (Å²) in [5.74, 6) is 0.795. The lowest BCUT2D eigenvalue weighted by Crippen LogP contribution is -2.50. The van der Waals surface area contributed by atoms with Crippen LogP contribution < -0.4 is 16.0 Å². The molecule has 3 N–H and O–H groups in total. The number of pyridine rings is 1. The van der Waals surface area contributed by atoms with Gasteiger partial charge in [0.05, 0.1) is 11.4 Å². The molecule has 1 unspecified atom stereocenters. The van der Waals surface area contributed by atoms with Crippen molar-refractivity contribution >= 4 is 11.6 Å². The number of nitrogens with two attached hydrogens (primary N) is 1. The first-order valence-corrected chi connectivity index (χ1v) is 12.5. The minimum atomic E-state index is -0.0736. The second-order valence-corrected chi connectivity index (χ2v) is 10.2. The van der Waals surface area contributed by atoms with E-state index in [4.69, 9.17) is 5.73 Å². The number of aromatic nitrogens is 1. The summed E-state index contributed by atoms with van der Waals surface area (Å²) in [4.78, 5) is 22.1. The third-order valence-corrected chi connectivity index (χ3v) is 8.47. The number of nitrogens with one attached hydrogen (secondary N) is 1. The summed E-state index contributed by atoms with van der Waals surface area (Å²) in [5, 5.41) is 3.02. The molecule has 2 aliphatic carbocycles. The van der Waals surface area contributed by atoms with Crippen LogP contribution in [-0.4, -0.2) is 54.1 Å². The summed E-state index contributed by atoms with van der Waals surface area (Å²) < 4.78 is 0. The van der Waals surface area contributed by atoms with Gasteiger partial charge in [0.15, 0.2) is 0 Å². The van der Waals surface area contributed by atoms with E-state index in [0.29, 0.717) is 23.7 Å². The van der Waals surface area contributed by atoms with Gasteiger partial charge in [-0.3, -0.25) is 9.69 Å². The molecule has 1 amide bonds. The van der Waals surface area contributed by atoms with E-state index < -0.39 is 0 Å². The largest absolute Gasteiger partial charge is 0.367 e. The predicted molar refractivity (Wildman–Crippen MR) is 126 cm³/mol. The molecule has 3 fully saturated rings. The summed E-state index contributed by atoms with van der Waals surface area (Å²) >= 11 is 0. The second kappa shape index (κ2) is 9.45. The van der Waals surface area contributed by atoms with Gasteiger partial charge in [-0.2, -0.15) is 0 Å². The summed E-state index contributed by atoms with van der Waals surface area (Å²) in [5.41, 5.74) is 8.94. The van der Waals surface area contributed by atoms with E-state index in [2.05, 4.69) is 40.9 Å². The number of hydrogen-bond donors (Lipinski definition) is 2. The Balaban J connectivity index is 1.35.